The smallest absolute Gasteiger partial charge is 0.358 e. The van der Waals surface area contributed by atoms with Crippen LogP contribution in [0.15, 0.2) is 24.3 Å². The van der Waals surface area contributed by atoms with Crippen LogP contribution in [0.5, 0.6) is 0 Å². The second kappa shape index (κ2) is 5.97. The molecule has 1 aromatic heterocycles. The predicted molar refractivity (Wildman–Crippen MR) is 77.6 cm³/mol. The second-order valence-electron chi connectivity index (χ2n) is 4.15. The zero-order chi connectivity index (χ0) is 13.8. The zero-order valence-electron chi connectivity index (χ0n) is 11.4. The number of thiazole rings is 1. The van der Waals surface area contributed by atoms with Gasteiger partial charge in [0.2, 0.25) is 0 Å². The SMILES string of the molecule is CCOC(=O)c1nc(-c2ccccc2CC)sc1C. The van der Waals surface area contributed by atoms with Gasteiger partial charge in [-0.25, -0.2) is 9.78 Å². The molecule has 3 nitrogen and oxygen atoms in total. The van der Waals surface area contributed by atoms with Crippen LogP contribution in [0.4, 0.5) is 0 Å². The summed E-state index contributed by atoms with van der Waals surface area (Å²) < 4.78 is 5.02. The molecule has 2 rings (SSSR count). The number of aryl methyl sites for hydroxylation is 2. The highest BCUT2D eigenvalue weighted by Crippen LogP contribution is 2.30. The summed E-state index contributed by atoms with van der Waals surface area (Å²) in [5.74, 6) is -0.337. The van der Waals surface area contributed by atoms with Gasteiger partial charge in [0, 0.05) is 10.4 Å². The summed E-state index contributed by atoms with van der Waals surface area (Å²) in [6.45, 7) is 6.19. The molecule has 0 fully saturated rings. The van der Waals surface area contributed by atoms with E-state index < -0.39 is 0 Å². The lowest BCUT2D eigenvalue weighted by Gasteiger charge is -2.03. The maximum atomic E-state index is 11.8. The van der Waals surface area contributed by atoms with E-state index >= 15 is 0 Å². The standard InChI is InChI=1S/C15H17NO2S/c1-4-11-8-6-7-9-12(11)14-16-13(10(3)19-14)15(17)18-5-2/h6-9H,4-5H2,1-3H3. The van der Waals surface area contributed by atoms with Crippen LogP contribution in [0.2, 0.25) is 0 Å². The summed E-state index contributed by atoms with van der Waals surface area (Å²) >= 11 is 1.54. The van der Waals surface area contributed by atoms with Gasteiger partial charge in [-0.05, 0) is 25.8 Å². The third-order valence-electron chi connectivity index (χ3n) is 2.89. The van der Waals surface area contributed by atoms with E-state index in [1.54, 1.807) is 6.92 Å². The molecule has 0 saturated heterocycles. The summed E-state index contributed by atoms with van der Waals surface area (Å²) in [6.07, 6.45) is 0.948. The second-order valence-corrected chi connectivity index (χ2v) is 5.36. The lowest BCUT2D eigenvalue weighted by Crippen LogP contribution is -2.06. The molecule has 0 unspecified atom stereocenters. The molecule has 0 N–H and O–H groups in total. The first kappa shape index (κ1) is 13.7. The first-order valence-electron chi connectivity index (χ1n) is 6.40. The van der Waals surface area contributed by atoms with Crippen LogP contribution in [-0.4, -0.2) is 17.6 Å². The number of hydrogen-bond donors (Lipinski definition) is 0. The summed E-state index contributed by atoms with van der Waals surface area (Å²) in [6, 6.07) is 8.16. The van der Waals surface area contributed by atoms with Crippen molar-refractivity contribution in [2.24, 2.45) is 0 Å². The van der Waals surface area contributed by atoms with Crippen molar-refractivity contribution in [3.05, 3.63) is 40.4 Å². The minimum Gasteiger partial charge on any atom is -0.461 e. The number of aromatic nitrogens is 1. The number of benzene rings is 1. The van der Waals surface area contributed by atoms with Crippen molar-refractivity contribution in [2.45, 2.75) is 27.2 Å². The Morgan fingerprint density at radius 3 is 2.74 bits per heavy atom. The summed E-state index contributed by atoms with van der Waals surface area (Å²) in [4.78, 5) is 17.1. The number of rotatable bonds is 4. The van der Waals surface area contributed by atoms with Crippen LogP contribution < -0.4 is 0 Å². The Labute approximate surface area is 117 Å². The lowest BCUT2D eigenvalue weighted by atomic mass is 10.1. The summed E-state index contributed by atoms with van der Waals surface area (Å²) in [7, 11) is 0. The third kappa shape index (κ3) is 2.84. The first-order valence-corrected chi connectivity index (χ1v) is 7.21. The van der Waals surface area contributed by atoms with Crippen LogP contribution in [0.1, 0.15) is 34.8 Å². The van der Waals surface area contributed by atoms with Crippen LogP contribution in [-0.2, 0) is 11.2 Å². The molecule has 2 aromatic rings. The quantitative estimate of drug-likeness (QED) is 0.795. The molecule has 19 heavy (non-hydrogen) atoms. The van der Waals surface area contributed by atoms with Gasteiger partial charge in [-0.15, -0.1) is 11.3 Å². The van der Waals surface area contributed by atoms with Gasteiger partial charge >= 0.3 is 5.97 Å². The van der Waals surface area contributed by atoms with Crippen molar-refractivity contribution in [2.75, 3.05) is 6.61 Å². The monoisotopic (exact) mass is 275 g/mol. The van der Waals surface area contributed by atoms with Crippen LogP contribution >= 0.6 is 11.3 Å². The average molecular weight is 275 g/mol. The van der Waals surface area contributed by atoms with Crippen molar-refractivity contribution < 1.29 is 9.53 Å². The third-order valence-corrected chi connectivity index (χ3v) is 3.90. The minimum absolute atomic E-state index is 0.337. The van der Waals surface area contributed by atoms with E-state index in [9.17, 15) is 4.79 Å². The topological polar surface area (TPSA) is 39.2 Å². The van der Waals surface area contributed by atoms with E-state index in [0.29, 0.717) is 12.3 Å². The van der Waals surface area contributed by atoms with Crippen molar-refractivity contribution in [3.63, 3.8) is 0 Å². The van der Waals surface area contributed by atoms with E-state index in [1.807, 2.05) is 25.1 Å². The molecule has 0 atom stereocenters. The largest absolute Gasteiger partial charge is 0.461 e. The minimum atomic E-state index is -0.337. The highest BCUT2D eigenvalue weighted by atomic mass is 32.1. The first-order chi connectivity index (χ1) is 9.17. The number of carbonyl (C=O) groups is 1. The Balaban J connectivity index is 2.42. The van der Waals surface area contributed by atoms with Crippen LogP contribution in [0, 0.1) is 6.92 Å². The summed E-state index contributed by atoms with van der Waals surface area (Å²) in [5.41, 5.74) is 2.79. The van der Waals surface area contributed by atoms with E-state index in [1.165, 1.54) is 16.9 Å². The van der Waals surface area contributed by atoms with Crippen molar-refractivity contribution in [3.8, 4) is 10.6 Å². The van der Waals surface area contributed by atoms with Gasteiger partial charge in [0.25, 0.3) is 0 Å². The summed E-state index contributed by atoms with van der Waals surface area (Å²) in [5, 5.41) is 0.887. The maximum Gasteiger partial charge on any atom is 0.358 e. The van der Waals surface area contributed by atoms with Crippen LogP contribution in [0.25, 0.3) is 10.6 Å². The number of hydrogen-bond acceptors (Lipinski definition) is 4. The van der Waals surface area contributed by atoms with Gasteiger partial charge in [-0.2, -0.15) is 0 Å². The van der Waals surface area contributed by atoms with E-state index in [4.69, 9.17) is 4.74 Å². The highest BCUT2D eigenvalue weighted by molar-refractivity contribution is 7.15. The van der Waals surface area contributed by atoms with Gasteiger partial charge in [0.15, 0.2) is 5.69 Å². The number of ether oxygens (including phenoxy) is 1. The molecule has 0 aliphatic carbocycles. The lowest BCUT2D eigenvalue weighted by molar-refractivity contribution is 0.0519. The average Bonchev–Trinajstić information content (AvgIpc) is 2.81. The van der Waals surface area contributed by atoms with E-state index in [-0.39, 0.29) is 5.97 Å². The molecule has 0 aliphatic heterocycles. The Bertz CT molecular complexity index is 590. The fourth-order valence-electron chi connectivity index (χ4n) is 1.94. The Kier molecular flexibility index (Phi) is 4.32. The molecule has 0 radical (unpaired) electrons. The fraction of sp³-hybridized carbons (Fsp3) is 0.333. The zero-order valence-corrected chi connectivity index (χ0v) is 12.2. The molecule has 0 amide bonds. The maximum absolute atomic E-state index is 11.8. The molecule has 0 spiro atoms. The van der Waals surface area contributed by atoms with E-state index in [2.05, 4.69) is 18.0 Å². The number of carbonyl (C=O) groups excluding carboxylic acids is 1. The van der Waals surface area contributed by atoms with Crippen molar-refractivity contribution in [1.82, 2.24) is 4.98 Å². The Hall–Kier alpha value is -1.68. The van der Waals surface area contributed by atoms with Gasteiger partial charge in [0.1, 0.15) is 5.01 Å². The number of esters is 1. The fourth-order valence-corrected chi connectivity index (χ4v) is 2.90. The highest BCUT2D eigenvalue weighted by Gasteiger charge is 2.18. The van der Waals surface area contributed by atoms with Crippen molar-refractivity contribution in [1.29, 1.82) is 0 Å². The molecule has 1 aromatic carbocycles. The molecule has 4 heteroatoms. The van der Waals surface area contributed by atoms with Gasteiger partial charge in [-0.1, -0.05) is 31.2 Å². The molecule has 0 bridgehead atoms. The van der Waals surface area contributed by atoms with Gasteiger partial charge in [0.05, 0.1) is 6.61 Å². The Morgan fingerprint density at radius 1 is 1.32 bits per heavy atom. The normalized spacial score (nSPS) is 10.5. The van der Waals surface area contributed by atoms with Crippen molar-refractivity contribution >= 4 is 17.3 Å². The Morgan fingerprint density at radius 2 is 2.05 bits per heavy atom. The molecule has 100 valence electrons. The van der Waals surface area contributed by atoms with E-state index in [0.717, 1.165) is 21.9 Å². The molecular weight excluding hydrogens is 258 g/mol. The van der Waals surface area contributed by atoms with Gasteiger partial charge in [-0.3, -0.25) is 0 Å². The number of nitrogens with zero attached hydrogens (tertiary/aromatic N) is 1. The predicted octanol–water partition coefficient (Wildman–Crippen LogP) is 3.86. The van der Waals surface area contributed by atoms with Gasteiger partial charge < -0.3 is 4.74 Å². The molecule has 1 heterocycles. The molecule has 0 aliphatic rings. The molecular formula is C15H17NO2S. The molecule has 0 saturated carbocycles. The van der Waals surface area contributed by atoms with Crippen LogP contribution in [0.3, 0.4) is 0 Å².